The highest BCUT2D eigenvalue weighted by Gasteiger charge is 2.38. The maximum absolute atomic E-state index is 12.3. The van der Waals surface area contributed by atoms with E-state index in [1.807, 2.05) is 4.90 Å². The quantitative estimate of drug-likeness (QED) is 0.797. The van der Waals surface area contributed by atoms with Gasteiger partial charge in [0.1, 0.15) is 0 Å². The summed E-state index contributed by atoms with van der Waals surface area (Å²) < 4.78 is 24.9. The number of hydrogen-bond donors (Lipinski definition) is 1. The number of piperidine rings is 1. The number of likely N-dealkylation sites (tertiary alicyclic amines) is 1. The molecule has 3 heterocycles. The van der Waals surface area contributed by atoms with Crippen molar-refractivity contribution < 1.29 is 13.2 Å². The highest BCUT2D eigenvalue weighted by molar-refractivity contribution is 7.89. The Bertz CT molecular complexity index is 490. The molecule has 0 unspecified atom stereocenters. The minimum atomic E-state index is -3.08. The molecule has 0 saturated carbocycles. The van der Waals surface area contributed by atoms with Gasteiger partial charge in [-0.3, -0.25) is 4.79 Å². The fourth-order valence-corrected chi connectivity index (χ4v) is 5.30. The maximum atomic E-state index is 12.3. The summed E-state index contributed by atoms with van der Waals surface area (Å²) in [6.45, 7) is 4.76. The predicted molar refractivity (Wildman–Crippen MR) is 80.3 cm³/mol. The van der Waals surface area contributed by atoms with Crippen LogP contribution in [-0.4, -0.2) is 68.6 Å². The summed E-state index contributed by atoms with van der Waals surface area (Å²) in [7, 11) is -3.08. The summed E-state index contributed by atoms with van der Waals surface area (Å²) in [4.78, 5) is 14.2. The summed E-state index contributed by atoms with van der Waals surface area (Å²) in [5.74, 6) is 0.346. The molecule has 0 bridgehead atoms. The second-order valence-electron chi connectivity index (χ2n) is 6.63. The van der Waals surface area contributed by atoms with E-state index in [1.54, 1.807) is 0 Å². The van der Waals surface area contributed by atoms with Gasteiger partial charge in [0, 0.05) is 39.1 Å². The van der Waals surface area contributed by atoms with E-state index in [4.69, 9.17) is 0 Å². The van der Waals surface area contributed by atoms with Gasteiger partial charge in [0.2, 0.25) is 15.9 Å². The average molecular weight is 315 g/mol. The first-order valence-electron chi connectivity index (χ1n) is 7.97. The van der Waals surface area contributed by atoms with Crippen LogP contribution in [0.4, 0.5) is 0 Å². The molecule has 120 valence electrons. The molecule has 1 amide bonds. The molecule has 3 aliphatic heterocycles. The zero-order valence-electron chi connectivity index (χ0n) is 12.5. The molecule has 0 atom stereocenters. The number of rotatable bonds is 3. The minimum absolute atomic E-state index is 0.109. The number of carbonyl (C=O) groups excluding carboxylic acids is 1. The smallest absolute Gasteiger partial charge is 0.223 e. The van der Waals surface area contributed by atoms with Crippen molar-refractivity contribution in [1.29, 1.82) is 0 Å². The van der Waals surface area contributed by atoms with E-state index in [2.05, 4.69) is 5.32 Å². The summed E-state index contributed by atoms with van der Waals surface area (Å²) in [6.07, 6.45) is 4.39. The van der Waals surface area contributed by atoms with Gasteiger partial charge >= 0.3 is 0 Å². The molecule has 0 aromatic heterocycles. The van der Waals surface area contributed by atoms with Crippen LogP contribution in [0.1, 0.15) is 32.1 Å². The minimum Gasteiger partial charge on any atom is -0.343 e. The number of hydrogen-bond acceptors (Lipinski definition) is 4. The Morgan fingerprint density at radius 1 is 1.14 bits per heavy atom. The molecule has 1 N–H and O–H groups in total. The van der Waals surface area contributed by atoms with Gasteiger partial charge in [0.05, 0.1) is 5.75 Å². The molecule has 21 heavy (non-hydrogen) atoms. The Morgan fingerprint density at radius 3 is 2.48 bits per heavy atom. The lowest BCUT2D eigenvalue weighted by Gasteiger charge is -2.39. The third-order valence-electron chi connectivity index (χ3n) is 5.29. The first-order valence-corrected chi connectivity index (χ1v) is 9.58. The van der Waals surface area contributed by atoms with Crippen molar-refractivity contribution >= 4 is 15.9 Å². The van der Waals surface area contributed by atoms with Crippen molar-refractivity contribution in [2.75, 3.05) is 45.0 Å². The van der Waals surface area contributed by atoms with E-state index in [-0.39, 0.29) is 11.7 Å². The Morgan fingerprint density at radius 2 is 1.90 bits per heavy atom. The molecule has 0 aliphatic carbocycles. The molecule has 3 fully saturated rings. The number of carbonyl (C=O) groups is 1. The van der Waals surface area contributed by atoms with E-state index in [0.717, 1.165) is 39.0 Å². The van der Waals surface area contributed by atoms with Crippen molar-refractivity contribution in [3.63, 3.8) is 0 Å². The lowest BCUT2D eigenvalue weighted by Crippen LogP contribution is -2.44. The second kappa shape index (κ2) is 5.85. The lowest BCUT2D eigenvalue weighted by atomic mass is 9.78. The van der Waals surface area contributed by atoms with Crippen LogP contribution < -0.4 is 5.32 Å². The van der Waals surface area contributed by atoms with Crippen LogP contribution in [0.3, 0.4) is 0 Å². The monoisotopic (exact) mass is 315 g/mol. The lowest BCUT2D eigenvalue weighted by molar-refractivity contribution is -0.133. The fraction of sp³-hybridized carbons (Fsp3) is 0.929. The normalized spacial score (nSPS) is 28.3. The number of amides is 1. The molecule has 0 aromatic rings. The Hall–Kier alpha value is -0.660. The van der Waals surface area contributed by atoms with Crippen molar-refractivity contribution in [3.8, 4) is 0 Å². The van der Waals surface area contributed by atoms with Crippen LogP contribution in [0.15, 0.2) is 0 Å². The van der Waals surface area contributed by atoms with Crippen LogP contribution in [-0.2, 0) is 14.8 Å². The maximum Gasteiger partial charge on any atom is 0.223 e. The van der Waals surface area contributed by atoms with Crippen LogP contribution in [0.25, 0.3) is 0 Å². The second-order valence-corrected chi connectivity index (χ2v) is 8.71. The first-order chi connectivity index (χ1) is 10.0. The van der Waals surface area contributed by atoms with Crippen molar-refractivity contribution in [1.82, 2.24) is 14.5 Å². The number of nitrogens with one attached hydrogen (secondary N) is 1. The predicted octanol–water partition coefficient (Wildman–Crippen LogP) is 0.0141. The highest BCUT2D eigenvalue weighted by atomic mass is 32.2. The molecule has 6 nitrogen and oxygen atoms in total. The fourth-order valence-electron chi connectivity index (χ4n) is 3.77. The van der Waals surface area contributed by atoms with Gasteiger partial charge in [-0.1, -0.05) is 0 Å². The summed E-state index contributed by atoms with van der Waals surface area (Å²) in [5.41, 5.74) is 0.412. The van der Waals surface area contributed by atoms with Crippen LogP contribution in [0.5, 0.6) is 0 Å². The summed E-state index contributed by atoms with van der Waals surface area (Å²) in [5, 5.41) is 3.42. The standard InChI is InChI=1S/C14H25N3O3S/c18-13(2-8-17-7-1-11-21(17,19)20)16-9-4-14(5-10-16)3-6-15-12-14/h15H,1-12H2. The van der Waals surface area contributed by atoms with Gasteiger partial charge in [0.25, 0.3) is 0 Å². The molecular formula is C14H25N3O3S. The third kappa shape index (κ3) is 3.24. The Kier molecular flexibility index (Phi) is 4.25. The highest BCUT2D eigenvalue weighted by Crippen LogP contribution is 2.36. The molecular weight excluding hydrogens is 290 g/mol. The van der Waals surface area contributed by atoms with Crippen molar-refractivity contribution in [3.05, 3.63) is 0 Å². The topological polar surface area (TPSA) is 69.7 Å². The molecule has 3 rings (SSSR count). The van der Waals surface area contributed by atoms with Gasteiger partial charge in [-0.2, -0.15) is 0 Å². The molecule has 1 spiro atoms. The van der Waals surface area contributed by atoms with Crippen LogP contribution >= 0.6 is 0 Å². The zero-order chi connectivity index (χ0) is 14.9. The molecule has 7 heteroatoms. The average Bonchev–Trinajstić information content (AvgIpc) is 3.04. The van der Waals surface area contributed by atoms with Gasteiger partial charge in [-0.05, 0) is 37.6 Å². The Balaban J connectivity index is 1.46. The largest absolute Gasteiger partial charge is 0.343 e. The third-order valence-corrected chi connectivity index (χ3v) is 7.24. The first kappa shape index (κ1) is 15.2. The van der Waals surface area contributed by atoms with Crippen molar-refractivity contribution in [2.45, 2.75) is 32.1 Å². The molecule has 0 aromatic carbocycles. The number of nitrogens with zero attached hydrogens (tertiary/aromatic N) is 2. The Labute approximate surface area is 126 Å². The molecule has 3 aliphatic rings. The van der Waals surface area contributed by atoms with E-state index in [9.17, 15) is 13.2 Å². The van der Waals surface area contributed by atoms with Gasteiger partial charge in [-0.25, -0.2) is 12.7 Å². The van der Waals surface area contributed by atoms with Gasteiger partial charge < -0.3 is 10.2 Å². The molecule has 3 saturated heterocycles. The van der Waals surface area contributed by atoms with E-state index < -0.39 is 10.0 Å². The zero-order valence-corrected chi connectivity index (χ0v) is 13.3. The SMILES string of the molecule is O=C(CCN1CCCS1(=O)=O)N1CCC2(CCNC2)CC1. The van der Waals surface area contributed by atoms with Crippen molar-refractivity contribution in [2.24, 2.45) is 5.41 Å². The van der Waals surface area contributed by atoms with Gasteiger partial charge in [-0.15, -0.1) is 0 Å². The summed E-state index contributed by atoms with van der Waals surface area (Å²) in [6, 6.07) is 0. The van der Waals surface area contributed by atoms with Crippen LogP contribution in [0.2, 0.25) is 0 Å². The summed E-state index contributed by atoms with van der Waals surface area (Å²) >= 11 is 0. The molecule has 0 radical (unpaired) electrons. The van der Waals surface area contributed by atoms with E-state index >= 15 is 0 Å². The van der Waals surface area contributed by atoms with E-state index in [0.29, 0.717) is 31.3 Å². The number of sulfonamides is 1. The van der Waals surface area contributed by atoms with Gasteiger partial charge in [0.15, 0.2) is 0 Å². The van der Waals surface area contributed by atoms with Crippen LogP contribution in [0, 0.1) is 5.41 Å². The van der Waals surface area contributed by atoms with E-state index in [1.165, 1.54) is 10.7 Å².